The van der Waals surface area contributed by atoms with E-state index < -0.39 is 0 Å². The van der Waals surface area contributed by atoms with Gasteiger partial charge in [-0.2, -0.15) is 0 Å². The van der Waals surface area contributed by atoms with Crippen molar-refractivity contribution in [2.45, 2.75) is 26.8 Å². The van der Waals surface area contributed by atoms with Gasteiger partial charge >= 0.3 is 5.69 Å². The summed E-state index contributed by atoms with van der Waals surface area (Å²) in [6.07, 6.45) is 1.92. The molecule has 0 saturated carbocycles. The molecule has 1 aliphatic heterocycles. The van der Waals surface area contributed by atoms with Crippen molar-refractivity contribution in [3.63, 3.8) is 0 Å². The number of rotatable bonds is 6. The number of fused-ring (bicyclic) bond motifs is 1. The van der Waals surface area contributed by atoms with Gasteiger partial charge in [-0.15, -0.1) is 5.10 Å². The number of hydrogen-bond donors (Lipinski definition) is 1. The van der Waals surface area contributed by atoms with E-state index in [0.717, 1.165) is 0 Å². The van der Waals surface area contributed by atoms with Crippen LogP contribution in [0.2, 0.25) is 0 Å². The van der Waals surface area contributed by atoms with E-state index in [2.05, 4.69) is 10.4 Å². The average molecular weight is 345 g/mol. The number of pyridine rings is 1. The maximum Gasteiger partial charge on any atom is 0.350 e. The Bertz CT molecular complexity index is 838. The highest BCUT2D eigenvalue weighted by atomic mass is 16.2. The van der Waals surface area contributed by atoms with Gasteiger partial charge in [0, 0.05) is 32.3 Å². The average Bonchev–Trinajstić information content (AvgIpc) is 3.08. The van der Waals surface area contributed by atoms with Crippen molar-refractivity contribution < 1.29 is 9.59 Å². The summed E-state index contributed by atoms with van der Waals surface area (Å²) in [6.45, 7) is 5.84. The molecule has 3 heterocycles. The van der Waals surface area contributed by atoms with E-state index in [1.807, 2.05) is 19.9 Å². The quantitative estimate of drug-likeness (QED) is 0.805. The number of hydrogen-bond acceptors (Lipinski definition) is 4. The van der Waals surface area contributed by atoms with E-state index in [-0.39, 0.29) is 29.8 Å². The van der Waals surface area contributed by atoms with Gasteiger partial charge in [-0.05, 0) is 18.1 Å². The summed E-state index contributed by atoms with van der Waals surface area (Å²) in [7, 11) is 0. The lowest BCUT2D eigenvalue weighted by Crippen LogP contribution is -2.36. The maximum atomic E-state index is 12.3. The van der Waals surface area contributed by atoms with Crippen molar-refractivity contribution in [2.75, 3.05) is 19.6 Å². The summed E-state index contributed by atoms with van der Waals surface area (Å²) >= 11 is 0. The highest BCUT2D eigenvalue weighted by Gasteiger charge is 2.34. The summed E-state index contributed by atoms with van der Waals surface area (Å²) in [6, 6.07) is 5.33. The predicted molar refractivity (Wildman–Crippen MR) is 92.0 cm³/mol. The highest BCUT2D eigenvalue weighted by Crippen LogP contribution is 2.19. The standard InChI is InChI=1S/C17H23N5O3/c1-12(2)10-20-11-13(9-15(20)23)16(24)18-6-8-22-17(25)21-7-4-3-5-14(21)19-22/h3-5,7,12-13H,6,8-11H2,1-2H3,(H,18,24)/t13-/m1/s1. The van der Waals surface area contributed by atoms with E-state index in [9.17, 15) is 14.4 Å². The molecule has 0 aliphatic carbocycles. The second-order valence-electron chi connectivity index (χ2n) is 6.82. The number of nitrogens with one attached hydrogen (secondary N) is 1. The largest absolute Gasteiger partial charge is 0.354 e. The third kappa shape index (κ3) is 3.72. The fourth-order valence-electron chi connectivity index (χ4n) is 3.11. The van der Waals surface area contributed by atoms with Gasteiger partial charge in [0.2, 0.25) is 11.8 Å². The molecule has 1 fully saturated rings. The fraction of sp³-hybridized carbons (Fsp3) is 0.529. The number of amides is 2. The van der Waals surface area contributed by atoms with Gasteiger partial charge in [0.1, 0.15) is 0 Å². The summed E-state index contributed by atoms with van der Waals surface area (Å²) in [5, 5.41) is 7.03. The van der Waals surface area contributed by atoms with Gasteiger partial charge in [0.15, 0.2) is 5.65 Å². The van der Waals surface area contributed by atoms with Crippen LogP contribution in [0.3, 0.4) is 0 Å². The van der Waals surface area contributed by atoms with Crippen LogP contribution < -0.4 is 11.0 Å². The van der Waals surface area contributed by atoms with Gasteiger partial charge in [0.05, 0.1) is 12.5 Å². The Balaban J connectivity index is 1.53. The number of aromatic nitrogens is 3. The van der Waals surface area contributed by atoms with Crippen molar-refractivity contribution in [1.82, 2.24) is 24.4 Å². The lowest BCUT2D eigenvalue weighted by atomic mass is 10.1. The van der Waals surface area contributed by atoms with Gasteiger partial charge in [-0.1, -0.05) is 19.9 Å². The molecule has 2 aromatic heterocycles. The molecule has 0 aromatic carbocycles. The van der Waals surface area contributed by atoms with Gasteiger partial charge in [-0.25, -0.2) is 9.48 Å². The number of carbonyl (C=O) groups is 2. The Hall–Kier alpha value is -2.64. The van der Waals surface area contributed by atoms with E-state index in [1.165, 1.54) is 9.08 Å². The molecule has 2 aromatic rings. The zero-order chi connectivity index (χ0) is 18.0. The topological polar surface area (TPSA) is 88.7 Å². The second-order valence-corrected chi connectivity index (χ2v) is 6.82. The van der Waals surface area contributed by atoms with Crippen LogP contribution in [0.4, 0.5) is 0 Å². The molecule has 1 saturated heterocycles. The van der Waals surface area contributed by atoms with Gasteiger partial charge < -0.3 is 10.2 Å². The maximum absolute atomic E-state index is 12.3. The van der Waals surface area contributed by atoms with Crippen LogP contribution in [0.1, 0.15) is 20.3 Å². The first kappa shape index (κ1) is 17.2. The summed E-state index contributed by atoms with van der Waals surface area (Å²) in [5.41, 5.74) is 0.341. The van der Waals surface area contributed by atoms with E-state index >= 15 is 0 Å². The first-order valence-electron chi connectivity index (χ1n) is 8.55. The molecule has 0 bridgehead atoms. The van der Waals surface area contributed by atoms with Crippen molar-refractivity contribution >= 4 is 17.5 Å². The van der Waals surface area contributed by atoms with Crippen molar-refractivity contribution in [3.8, 4) is 0 Å². The minimum atomic E-state index is -0.316. The predicted octanol–water partition coefficient (Wildman–Crippen LogP) is 0.117. The van der Waals surface area contributed by atoms with Crippen molar-refractivity contribution in [1.29, 1.82) is 0 Å². The molecular weight excluding hydrogens is 322 g/mol. The molecule has 8 heteroatoms. The first-order valence-corrected chi connectivity index (χ1v) is 8.55. The number of carbonyl (C=O) groups excluding carboxylic acids is 2. The normalized spacial score (nSPS) is 17.6. The molecule has 0 unspecified atom stereocenters. The molecule has 0 spiro atoms. The van der Waals surface area contributed by atoms with Crippen molar-refractivity contribution in [2.24, 2.45) is 11.8 Å². The minimum absolute atomic E-state index is 0.0328. The number of likely N-dealkylation sites (tertiary alicyclic amines) is 1. The third-order valence-corrected chi connectivity index (χ3v) is 4.28. The Kier molecular flexibility index (Phi) is 4.87. The zero-order valence-electron chi connectivity index (χ0n) is 14.5. The van der Waals surface area contributed by atoms with Gasteiger partial charge in [-0.3, -0.25) is 14.0 Å². The van der Waals surface area contributed by atoms with E-state index in [1.54, 1.807) is 23.2 Å². The lowest BCUT2D eigenvalue weighted by molar-refractivity contribution is -0.129. The van der Waals surface area contributed by atoms with E-state index in [4.69, 9.17) is 0 Å². The molecule has 25 heavy (non-hydrogen) atoms. The molecule has 134 valence electrons. The molecule has 1 aliphatic rings. The Morgan fingerprint density at radius 2 is 2.16 bits per heavy atom. The molecular formula is C17H23N5O3. The smallest absolute Gasteiger partial charge is 0.350 e. The SMILES string of the molecule is CC(C)CN1C[C@H](C(=O)NCCn2nc3ccccn3c2=O)CC1=O. The Morgan fingerprint density at radius 3 is 2.88 bits per heavy atom. The van der Waals surface area contributed by atoms with Crippen LogP contribution in [-0.4, -0.2) is 50.5 Å². The van der Waals surface area contributed by atoms with Crippen molar-refractivity contribution in [3.05, 3.63) is 34.9 Å². The Labute approximate surface area is 145 Å². The Morgan fingerprint density at radius 1 is 1.36 bits per heavy atom. The monoisotopic (exact) mass is 345 g/mol. The molecule has 2 amide bonds. The minimum Gasteiger partial charge on any atom is -0.354 e. The molecule has 3 rings (SSSR count). The molecule has 0 radical (unpaired) electrons. The molecule has 1 atom stereocenters. The summed E-state index contributed by atoms with van der Waals surface area (Å²) < 4.78 is 2.79. The van der Waals surface area contributed by atoms with Crippen LogP contribution >= 0.6 is 0 Å². The molecule has 1 N–H and O–H groups in total. The van der Waals surface area contributed by atoms with Crippen LogP contribution in [0.5, 0.6) is 0 Å². The summed E-state index contributed by atoms with van der Waals surface area (Å²) in [5.74, 6) is -0.0430. The van der Waals surface area contributed by atoms with Crippen LogP contribution in [0, 0.1) is 11.8 Å². The van der Waals surface area contributed by atoms with Crippen LogP contribution in [-0.2, 0) is 16.1 Å². The number of nitrogens with zero attached hydrogens (tertiary/aromatic N) is 4. The summed E-state index contributed by atoms with van der Waals surface area (Å²) in [4.78, 5) is 38.1. The van der Waals surface area contributed by atoms with Crippen LogP contribution in [0.25, 0.3) is 5.65 Å². The fourth-order valence-corrected chi connectivity index (χ4v) is 3.11. The lowest BCUT2D eigenvalue weighted by Gasteiger charge is -2.18. The van der Waals surface area contributed by atoms with Crippen LogP contribution in [0.15, 0.2) is 29.2 Å². The second kappa shape index (κ2) is 7.08. The molecule has 8 nitrogen and oxygen atoms in total. The first-order chi connectivity index (χ1) is 12.0. The van der Waals surface area contributed by atoms with E-state index in [0.29, 0.717) is 37.7 Å². The van der Waals surface area contributed by atoms with Gasteiger partial charge in [0.25, 0.3) is 0 Å². The highest BCUT2D eigenvalue weighted by molar-refractivity contribution is 5.89. The zero-order valence-corrected chi connectivity index (χ0v) is 14.5. The third-order valence-electron chi connectivity index (χ3n) is 4.28.